The first-order valence-electron chi connectivity index (χ1n) is 9.05. The molecule has 31 heavy (non-hydrogen) atoms. The van der Waals surface area contributed by atoms with Crippen LogP contribution in [0, 0.1) is 0 Å². The summed E-state index contributed by atoms with van der Waals surface area (Å²) in [5, 5.41) is 7.63. The Morgan fingerprint density at radius 3 is 2.42 bits per heavy atom. The SMILES string of the molecule is COc1cc(OC)c(OC)cc1/C=N/NC(=O)CNC(=O)c1sc2ccccc2c1Cl. The van der Waals surface area contributed by atoms with Crippen molar-refractivity contribution in [2.24, 2.45) is 5.10 Å². The van der Waals surface area contributed by atoms with E-state index in [1.165, 1.54) is 38.9 Å². The van der Waals surface area contributed by atoms with Gasteiger partial charge in [-0.15, -0.1) is 11.3 Å². The lowest BCUT2D eigenvalue weighted by molar-refractivity contribution is -0.120. The van der Waals surface area contributed by atoms with E-state index in [-0.39, 0.29) is 6.54 Å². The Morgan fingerprint density at radius 2 is 1.74 bits per heavy atom. The molecule has 0 atom stereocenters. The van der Waals surface area contributed by atoms with Gasteiger partial charge in [-0.3, -0.25) is 9.59 Å². The molecule has 3 aromatic rings. The molecule has 1 aromatic heterocycles. The molecule has 0 unspecified atom stereocenters. The molecular formula is C21H20ClN3O5S. The highest BCUT2D eigenvalue weighted by molar-refractivity contribution is 7.21. The molecule has 8 nitrogen and oxygen atoms in total. The molecule has 0 saturated carbocycles. The van der Waals surface area contributed by atoms with Crippen molar-refractivity contribution in [2.75, 3.05) is 27.9 Å². The van der Waals surface area contributed by atoms with Crippen LogP contribution in [0.15, 0.2) is 41.5 Å². The van der Waals surface area contributed by atoms with Crippen molar-refractivity contribution in [1.82, 2.24) is 10.7 Å². The lowest BCUT2D eigenvalue weighted by atomic mass is 10.2. The molecule has 2 amide bonds. The van der Waals surface area contributed by atoms with Gasteiger partial charge in [-0.05, 0) is 12.1 Å². The van der Waals surface area contributed by atoms with Gasteiger partial charge in [-0.2, -0.15) is 5.10 Å². The van der Waals surface area contributed by atoms with Gasteiger partial charge in [0.25, 0.3) is 11.8 Å². The Kier molecular flexibility index (Phi) is 7.32. The lowest BCUT2D eigenvalue weighted by Crippen LogP contribution is -2.34. The molecule has 0 aliphatic rings. The number of benzene rings is 2. The van der Waals surface area contributed by atoms with E-state index in [0.29, 0.717) is 32.7 Å². The van der Waals surface area contributed by atoms with Crippen molar-refractivity contribution in [2.45, 2.75) is 0 Å². The molecule has 0 saturated heterocycles. The van der Waals surface area contributed by atoms with Crippen molar-refractivity contribution in [3.8, 4) is 17.2 Å². The predicted molar refractivity (Wildman–Crippen MR) is 121 cm³/mol. The van der Waals surface area contributed by atoms with E-state index in [9.17, 15) is 9.59 Å². The number of hydrogen-bond donors (Lipinski definition) is 2. The number of hydrazone groups is 1. The van der Waals surface area contributed by atoms with E-state index in [1.54, 1.807) is 12.1 Å². The van der Waals surface area contributed by atoms with E-state index in [4.69, 9.17) is 25.8 Å². The Hall–Kier alpha value is -3.30. The topological polar surface area (TPSA) is 98.2 Å². The summed E-state index contributed by atoms with van der Waals surface area (Å²) in [5.74, 6) is 0.559. The van der Waals surface area contributed by atoms with Crippen molar-refractivity contribution in [3.63, 3.8) is 0 Å². The van der Waals surface area contributed by atoms with Crippen LogP contribution in [0.5, 0.6) is 17.2 Å². The molecular weight excluding hydrogens is 442 g/mol. The van der Waals surface area contributed by atoms with Gasteiger partial charge in [0.1, 0.15) is 10.6 Å². The second kappa shape index (κ2) is 10.1. The van der Waals surface area contributed by atoms with Crippen molar-refractivity contribution in [3.05, 3.63) is 51.9 Å². The van der Waals surface area contributed by atoms with Crippen LogP contribution in [0.25, 0.3) is 10.1 Å². The van der Waals surface area contributed by atoms with Gasteiger partial charge in [0.2, 0.25) is 0 Å². The average molecular weight is 462 g/mol. The quantitative estimate of drug-likeness (QED) is 0.395. The number of fused-ring (bicyclic) bond motifs is 1. The summed E-state index contributed by atoms with van der Waals surface area (Å²) in [6, 6.07) is 10.8. The van der Waals surface area contributed by atoms with E-state index < -0.39 is 11.8 Å². The average Bonchev–Trinajstić information content (AvgIpc) is 3.13. The zero-order chi connectivity index (χ0) is 22.4. The van der Waals surface area contributed by atoms with E-state index in [1.807, 2.05) is 24.3 Å². The summed E-state index contributed by atoms with van der Waals surface area (Å²) in [7, 11) is 4.54. The highest BCUT2D eigenvalue weighted by atomic mass is 35.5. The van der Waals surface area contributed by atoms with Crippen LogP contribution < -0.4 is 25.0 Å². The minimum Gasteiger partial charge on any atom is -0.496 e. The number of thiophene rings is 1. The minimum absolute atomic E-state index is 0.260. The standard InChI is InChI=1S/C21H20ClN3O5S/c1-28-14-9-16(30-3)15(29-2)8-12(14)10-24-25-18(26)11-23-21(27)20-19(22)13-6-4-5-7-17(13)31-20/h4-10H,11H2,1-3H3,(H,23,27)(H,25,26)/b24-10+. The van der Waals surface area contributed by atoms with E-state index >= 15 is 0 Å². The van der Waals surface area contributed by atoms with Gasteiger partial charge < -0.3 is 19.5 Å². The highest BCUT2D eigenvalue weighted by Gasteiger charge is 2.17. The van der Waals surface area contributed by atoms with Gasteiger partial charge in [0.15, 0.2) is 11.5 Å². The summed E-state index contributed by atoms with van der Waals surface area (Å²) in [6.07, 6.45) is 1.41. The monoisotopic (exact) mass is 461 g/mol. The fourth-order valence-corrected chi connectivity index (χ4v) is 4.20. The highest BCUT2D eigenvalue weighted by Crippen LogP contribution is 2.35. The van der Waals surface area contributed by atoms with Crippen LogP contribution in [-0.4, -0.2) is 45.9 Å². The van der Waals surface area contributed by atoms with Crippen LogP contribution in [0.1, 0.15) is 15.2 Å². The maximum Gasteiger partial charge on any atom is 0.263 e. The molecule has 0 aliphatic carbocycles. The fraction of sp³-hybridized carbons (Fsp3) is 0.190. The second-order valence-electron chi connectivity index (χ2n) is 6.17. The Labute approximate surface area is 187 Å². The van der Waals surface area contributed by atoms with Gasteiger partial charge in [0.05, 0.1) is 39.1 Å². The second-order valence-corrected chi connectivity index (χ2v) is 7.60. The number of ether oxygens (including phenoxy) is 3. The number of amides is 2. The molecule has 162 valence electrons. The van der Waals surface area contributed by atoms with Gasteiger partial charge in [-0.25, -0.2) is 5.43 Å². The third kappa shape index (κ3) is 5.07. The summed E-state index contributed by atoms with van der Waals surface area (Å²) in [6.45, 7) is -0.260. The van der Waals surface area contributed by atoms with E-state index in [2.05, 4.69) is 15.8 Å². The molecule has 1 heterocycles. The maximum atomic E-state index is 12.4. The largest absolute Gasteiger partial charge is 0.496 e. The zero-order valence-electron chi connectivity index (χ0n) is 17.0. The number of carbonyl (C=O) groups excluding carboxylic acids is 2. The first kappa shape index (κ1) is 22.4. The molecule has 0 aliphatic heterocycles. The summed E-state index contributed by atoms with van der Waals surface area (Å²) in [4.78, 5) is 24.8. The number of halogens is 1. The molecule has 0 spiro atoms. The van der Waals surface area contributed by atoms with E-state index in [0.717, 1.165) is 10.1 Å². The fourth-order valence-electron chi connectivity index (χ4n) is 2.77. The first-order chi connectivity index (χ1) is 15.0. The summed E-state index contributed by atoms with van der Waals surface area (Å²) >= 11 is 7.56. The number of nitrogens with zero attached hydrogens (tertiary/aromatic N) is 1. The third-order valence-corrected chi connectivity index (χ3v) is 5.95. The Balaban J connectivity index is 1.60. The number of hydrogen-bond acceptors (Lipinski definition) is 7. The van der Waals surface area contributed by atoms with Crippen molar-refractivity contribution in [1.29, 1.82) is 0 Å². The van der Waals surface area contributed by atoms with Crippen LogP contribution in [-0.2, 0) is 4.79 Å². The molecule has 3 rings (SSSR count). The zero-order valence-corrected chi connectivity index (χ0v) is 18.6. The molecule has 2 aromatic carbocycles. The number of methoxy groups -OCH3 is 3. The predicted octanol–water partition coefficient (Wildman–Crippen LogP) is 3.46. The van der Waals surface area contributed by atoms with Gasteiger partial charge in [-0.1, -0.05) is 29.8 Å². The molecule has 0 bridgehead atoms. The Bertz CT molecular complexity index is 1150. The third-order valence-electron chi connectivity index (χ3n) is 4.28. The molecule has 0 fully saturated rings. The minimum atomic E-state index is -0.499. The van der Waals surface area contributed by atoms with Gasteiger partial charge in [0, 0.05) is 21.7 Å². The van der Waals surface area contributed by atoms with Crippen LogP contribution in [0.3, 0.4) is 0 Å². The Morgan fingerprint density at radius 1 is 1.06 bits per heavy atom. The number of nitrogens with one attached hydrogen (secondary N) is 2. The van der Waals surface area contributed by atoms with Crippen LogP contribution >= 0.6 is 22.9 Å². The van der Waals surface area contributed by atoms with Crippen LogP contribution in [0.4, 0.5) is 0 Å². The maximum absolute atomic E-state index is 12.4. The summed E-state index contributed by atoms with van der Waals surface area (Å²) in [5.41, 5.74) is 2.93. The molecule has 0 radical (unpaired) electrons. The van der Waals surface area contributed by atoms with Crippen molar-refractivity contribution >= 4 is 51.1 Å². The molecule has 10 heteroatoms. The smallest absolute Gasteiger partial charge is 0.263 e. The van der Waals surface area contributed by atoms with Crippen LogP contribution in [0.2, 0.25) is 5.02 Å². The first-order valence-corrected chi connectivity index (χ1v) is 10.2. The normalized spacial score (nSPS) is 10.8. The van der Waals surface area contributed by atoms with Gasteiger partial charge >= 0.3 is 0 Å². The molecule has 2 N–H and O–H groups in total. The summed E-state index contributed by atoms with van der Waals surface area (Å²) < 4.78 is 16.7. The van der Waals surface area contributed by atoms with Crippen molar-refractivity contribution < 1.29 is 23.8 Å². The lowest BCUT2D eigenvalue weighted by Gasteiger charge is -2.11. The number of rotatable bonds is 8. The number of carbonyl (C=O) groups is 2.